The summed E-state index contributed by atoms with van der Waals surface area (Å²) in [5, 5.41) is 11.7. The Morgan fingerprint density at radius 1 is 1.50 bits per heavy atom. The molecule has 4 heteroatoms. The van der Waals surface area contributed by atoms with Crippen molar-refractivity contribution >= 4 is 11.6 Å². The van der Waals surface area contributed by atoms with Crippen molar-refractivity contribution in [2.45, 2.75) is 26.8 Å². The first-order valence-electron chi connectivity index (χ1n) is 5.95. The molecule has 0 aliphatic rings. The van der Waals surface area contributed by atoms with E-state index >= 15 is 0 Å². The number of rotatable bonds is 4. The Morgan fingerprint density at radius 2 is 2.17 bits per heavy atom. The Hall–Kier alpha value is -2.02. The normalized spacial score (nSPS) is 10.0. The van der Waals surface area contributed by atoms with Crippen molar-refractivity contribution in [1.29, 1.82) is 5.26 Å². The van der Waals surface area contributed by atoms with Crippen LogP contribution in [0.5, 0.6) is 0 Å². The largest absolute Gasteiger partial charge is 0.365 e. The summed E-state index contributed by atoms with van der Waals surface area (Å²) in [6.45, 7) is 6.07. The fourth-order valence-electron chi connectivity index (χ4n) is 1.69. The zero-order chi connectivity index (χ0) is 13.7. The molecule has 0 radical (unpaired) electrons. The minimum atomic E-state index is -0.00508. The quantitative estimate of drug-likeness (QED) is 0.880. The fourth-order valence-corrected chi connectivity index (χ4v) is 1.69. The lowest BCUT2D eigenvalue weighted by atomic mass is 10.1. The maximum absolute atomic E-state index is 11.6. The summed E-state index contributed by atoms with van der Waals surface area (Å²) < 4.78 is 0. The number of hydrogen-bond donors (Lipinski definition) is 1. The van der Waals surface area contributed by atoms with E-state index in [1.807, 2.05) is 44.9 Å². The summed E-state index contributed by atoms with van der Waals surface area (Å²) in [6.07, 6.45) is 0. The highest BCUT2D eigenvalue weighted by Gasteiger charge is 2.09. The fraction of sp³-hybridized carbons (Fsp3) is 0.429. The topological polar surface area (TPSA) is 56.1 Å². The molecule has 0 aliphatic heterocycles. The highest BCUT2D eigenvalue weighted by molar-refractivity contribution is 5.81. The molecule has 1 rings (SSSR count). The van der Waals surface area contributed by atoms with Crippen molar-refractivity contribution < 1.29 is 4.79 Å². The molecule has 18 heavy (non-hydrogen) atoms. The molecule has 0 unspecified atom stereocenters. The molecule has 1 aromatic carbocycles. The summed E-state index contributed by atoms with van der Waals surface area (Å²) in [7, 11) is 1.86. The van der Waals surface area contributed by atoms with Gasteiger partial charge in [-0.1, -0.05) is 0 Å². The monoisotopic (exact) mass is 245 g/mol. The second-order valence-electron chi connectivity index (χ2n) is 4.69. The SMILES string of the molecule is Cc1cc(N(C)CC(=O)NC(C)C)ccc1C#N. The molecule has 1 N–H and O–H groups in total. The van der Waals surface area contributed by atoms with Crippen molar-refractivity contribution in [1.82, 2.24) is 5.32 Å². The van der Waals surface area contributed by atoms with Gasteiger partial charge in [-0.25, -0.2) is 0 Å². The molecule has 96 valence electrons. The molecule has 0 saturated heterocycles. The van der Waals surface area contributed by atoms with Gasteiger partial charge in [0, 0.05) is 18.8 Å². The molecule has 0 aromatic heterocycles. The average molecular weight is 245 g/mol. The minimum Gasteiger partial charge on any atom is -0.365 e. The lowest BCUT2D eigenvalue weighted by Crippen LogP contribution is -2.38. The Bertz CT molecular complexity index is 474. The standard InChI is InChI=1S/C14H19N3O/c1-10(2)16-14(18)9-17(4)13-6-5-12(8-15)11(3)7-13/h5-7,10H,9H2,1-4H3,(H,16,18). The van der Waals surface area contributed by atoms with Gasteiger partial charge in [-0.2, -0.15) is 5.26 Å². The van der Waals surface area contributed by atoms with Crippen molar-refractivity contribution in [3.63, 3.8) is 0 Å². The van der Waals surface area contributed by atoms with Crippen LogP contribution in [0.2, 0.25) is 0 Å². The van der Waals surface area contributed by atoms with E-state index in [4.69, 9.17) is 5.26 Å². The lowest BCUT2D eigenvalue weighted by Gasteiger charge is -2.20. The van der Waals surface area contributed by atoms with Crippen molar-refractivity contribution in [3.05, 3.63) is 29.3 Å². The Balaban J connectivity index is 2.73. The van der Waals surface area contributed by atoms with Crippen LogP contribution in [0.4, 0.5) is 5.69 Å². The summed E-state index contributed by atoms with van der Waals surface area (Å²) in [6, 6.07) is 7.83. The first-order valence-corrected chi connectivity index (χ1v) is 5.95. The van der Waals surface area contributed by atoms with Crippen LogP contribution in [0.1, 0.15) is 25.0 Å². The number of carbonyl (C=O) groups is 1. The Morgan fingerprint density at radius 3 is 2.67 bits per heavy atom. The molecule has 0 aliphatic carbocycles. The first kappa shape index (κ1) is 14.0. The zero-order valence-electron chi connectivity index (χ0n) is 11.3. The molecule has 0 saturated carbocycles. The van der Waals surface area contributed by atoms with Gasteiger partial charge in [-0.05, 0) is 44.5 Å². The van der Waals surface area contributed by atoms with E-state index in [0.29, 0.717) is 12.1 Å². The number of carbonyl (C=O) groups excluding carboxylic acids is 1. The molecule has 1 aromatic rings. The minimum absolute atomic E-state index is 0.00508. The number of amides is 1. The van der Waals surface area contributed by atoms with Crippen LogP contribution >= 0.6 is 0 Å². The van der Waals surface area contributed by atoms with Gasteiger partial charge in [0.2, 0.25) is 5.91 Å². The molecule has 1 amide bonds. The van der Waals surface area contributed by atoms with Gasteiger partial charge in [0.25, 0.3) is 0 Å². The van der Waals surface area contributed by atoms with Crippen LogP contribution in [-0.2, 0) is 4.79 Å². The number of nitrogens with one attached hydrogen (secondary N) is 1. The molecule has 4 nitrogen and oxygen atoms in total. The van der Waals surface area contributed by atoms with E-state index in [0.717, 1.165) is 11.3 Å². The van der Waals surface area contributed by atoms with Crippen LogP contribution < -0.4 is 10.2 Å². The number of nitriles is 1. The zero-order valence-corrected chi connectivity index (χ0v) is 11.3. The number of anilines is 1. The van der Waals surface area contributed by atoms with Gasteiger partial charge >= 0.3 is 0 Å². The predicted molar refractivity (Wildman–Crippen MR) is 72.4 cm³/mol. The summed E-state index contributed by atoms with van der Waals surface area (Å²) in [5.74, 6) is -0.00508. The van der Waals surface area contributed by atoms with E-state index in [1.54, 1.807) is 6.07 Å². The second-order valence-corrected chi connectivity index (χ2v) is 4.69. The first-order chi connectivity index (χ1) is 8.43. The van der Waals surface area contributed by atoms with Crippen molar-refractivity contribution in [2.75, 3.05) is 18.5 Å². The van der Waals surface area contributed by atoms with Gasteiger partial charge in [-0.3, -0.25) is 4.79 Å². The maximum Gasteiger partial charge on any atom is 0.239 e. The molecule has 0 bridgehead atoms. The van der Waals surface area contributed by atoms with Crippen LogP contribution in [0.15, 0.2) is 18.2 Å². The number of hydrogen-bond acceptors (Lipinski definition) is 3. The van der Waals surface area contributed by atoms with Gasteiger partial charge in [0.1, 0.15) is 0 Å². The van der Waals surface area contributed by atoms with E-state index in [2.05, 4.69) is 11.4 Å². The van der Waals surface area contributed by atoms with Crippen LogP contribution in [0, 0.1) is 18.3 Å². The summed E-state index contributed by atoms with van der Waals surface area (Å²) >= 11 is 0. The lowest BCUT2D eigenvalue weighted by molar-refractivity contribution is -0.120. The van der Waals surface area contributed by atoms with Crippen molar-refractivity contribution in [3.8, 4) is 6.07 Å². The van der Waals surface area contributed by atoms with Gasteiger partial charge < -0.3 is 10.2 Å². The van der Waals surface area contributed by atoms with E-state index < -0.39 is 0 Å². The third-order valence-corrected chi connectivity index (χ3v) is 2.60. The van der Waals surface area contributed by atoms with Gasteiger partial charge in [0.15, 0.2) is 0 Å². The Labute approximate surface area is 108 Å². The number of nitrogens with zero attached hydrogens (tertiary/aromatic N) is 2. The maximum atomic E-state index is 11.6. The van der Waals surface area contributed by atoms with Crippen molar-refractivity contribution in [2.24, 2.45) is 0 Å². The average Bonchev–Trinajstić information content (AvgIpc) is 2.27. The summed E-state index contributed by atoms with van der Waals surface area (Å²) in [4.78, 5) is 13.5. The molecule has 0 fully saturated rings. The highest BCUT2D eigenvalue weighted by atomic mass is 16.2. The Kier molecular flexibility index (Phi) is 4.73. The number of benzene rings is 1. The highest BCUT2D eigenvalue weighted by Crippen LogP contribution is 2.17. The van der Waals surface area contributed by atoms with E-state index in [9.17, 15) is 4.79 Å². The number of aryl methyl sites for hydroxylation is 1. The van der Waals surface area contributed by atoms with E-state index in [-0.39, 0.29) is 11.9 Å². The van der Waals surface area contributed by atoms with Crippen LogP contribution in [0.3, 0.4) is 0 Å². The second kappa shape index (κ2) is 6.06. The molecular formula is C14H19N3O. The van der Waals surface area contributed by atoms with Gasteiger partial charge in [0.05, 0.1) is 18.2 Å². The summed E-state index contributed by atoms with van der Waals surface area (Å²) in [5.41, 5.74) is 2.52. The third-order valence-electron chi connectivity index (χ3n) is 2.60. The molecule has 0 heterocycles. The third kappa shape index (κ3) is 3.77. The van der Waals surface area contributed by atoms with Crippen LogP contribution in [-0.4, -0.2) is 25.5 Å². The molecular weight excluding hydrogens is 226 g/mol. The smallest absolute Gasteiger partial charge is 0.239 e. The molecule has 0 spiro atoms. The van der Waals surface area contributed by atoms with Gasteiger partial charge in [-0.15, -0.1) is 0 Å². The van der Waals surface area contributed by atoms with Crippen LogP contribution in [0.25, 0.3) is 0 Å². The van der Waals surface area contributed by atoms with E-state index in [1.165, 1.54) is 0 Å². The number of likely N-dealkylation sites (N-methyl/N-ethyl adjacent to an activating group) is 1. The molecule has 0 atom stereocenters. The predicted octanol–water partition coefficient (Wildman–Crippen LogP) is 1.83.